The fourth-order valence-electron chi connectivity index (χ4n) is 10.2. The van der Waals surface area contributed by atoms with Gasteiger partial charge in [-0.15, -0.1) is 0 Å². The first kappa shape index (κ1) is 28.9. The van der Waals surface area contributed by atoms with E-state index < -0.39 is 6.17 Å². The maximum absolute atomic E-state index is 6.81. The summed E-state index contributed by atoms with van der Waals surface area (Å²) in [4.78, 5) is 5.60. The summed E-state index contributed by atoms with van der Waals surface area (Å²) in [5.41, 5.74) is 9.88. The van der Waals surface area contributed by atoms with Crippen LogP contribution in [0.3, 0.4) is 0 Å². The summed E-state index contributed by atoms with van der Waals surface area (Å²) in [6, 6.07) is 59.0. The normalized spacial score (nSPS) is 14.9. The van der Waals surface area contributed by atoms with Crippen molar-refractivity contribution in [3.05, 3.63) is 170 Å². The van der Waals surface area contributed by atoms with E-state index in [2.05, 4.69) is 171 Å². The third-order valence-corrected chi connectivity index (χ3v) is 12.4. The number of nitrogens with zero attached hydrogens (tertiary/aromatic N) is 4. The summed E-state index contributed by atoms with van der Waals surface area (Å²) in [5, 5.41) is 17.2. The van der Waals surface area contributed by atoms with Gasteiger partial charge in [-0.05, 0) is 47.9 Å². The number of aromatic nitrogens is 3. The van der Waals surface area contributed by atoms with Gasteiger partial charge in [0, 0.05) is 53.9 Å². The minimum Gasteiger partial charge on any atom is -0.454 e. The lowest BCUT2D eigenvalue weighted by Crippen LogP contribution is -2.39. The Bertz CT molecular complexity index is 3820. The van der Waals surface area contributed by atoms with Crippen molar-refractivity contribution < 1.29 is 4.42 Å². The van der Waals surface area contributed by atoms with Crippen LogP contribution in [0.1, 0.15) is 11.9 Å². The smallest absolute Gasteiger partial charge is 0.210 e. The first-order chi connectivity index (χ1) is 27.8. The number of hydrogen-bond donors (Lipinski definition) is 1. The Hall–Kier alpha value is -7.57. The van der Waals surface area contributed by atoms with Crippen molar-refractivity contribution in [2.24, 2.45) is 4.99 Å². The largest absolute Gasteiger partial charge is 0.454 e. The number of rotatable bonds is 1. The van der Waals surface area contributed by atoms with Crippen molar-refractivity contribution in [2.45, 2.75) is 6.17 Å². The molecule has 14 rings (SSSR count). The van der Waals surface area contributed by atoms with Crippen molar-refractivity contribution >= 4 is 115 Å². The van der Waals surface area contributed by atoms with Gasteiger partial charge in [0.1, 0.15) is 11.3 Å². The molecule has 0 bridgehead atoms. The number of furan rings is 1. The number of fused-ring (bicyclic) bond motifs is 18. The second-order valence-electron chi connectivity index (χ2n) is 15.1. The number of para-hydroxylation sites is 5. The molecule has 0 radical (unpaired) electrons. The van der Waals surface area contributed by atoms with Crippen molar-refractivity contribution in [3.8, 4) is 0 Å². The molecular weight excluding hydrogens is 687 g/mol. The lowest BCUT2D eigenvalue weighted by atomic mass is 10.0. The summed E-state index contributed by atoms with van der Waals surface area (Å²) in [7, 11) is 0. The Morgan fingerprint density at radius 3 is 1.80 bits per heavy atom. The van der Waals surface area contributed by atoms with Gasteiger partial charge in [-0.1, -0.05) is 121 Å². The van der Waals surface area contributed by atoms with Gasteiger partial charge in [0.05, 0.1) is 38.6 Å². The van der Waals surface area contributed by atoms with Gasteiger partial charge < -0.3 is 18.7 Å². The van der Waals surface area contributed by atoms with Gasteiger partial charge in [-0.25, -0.2) is 4.99 Å². The number of nitrogens with one attached hydrogen (secondary N) is 1. The minimum absolute atomic E-state index is 0.390. The summed E-state index contributed by atoms with van der Waals surface area (Å²) in [6.45, 7) is 0. The Balaban J connectivity index is 1.18. The third kappa shape index (κ3) is 3.42. The topological polar surface area (TPSA) is 51.8 Å². The van der Waals surface area contributed by atoms with Gasteiger partial charge in [-0.2, -0.15) is 0 Å². The average molecular weight is 716 g/mol. The fourth-order valence-corrected chi connectivity index (χ4v) is 10.2. The van der Waals surface area contributed by atoms with Crippen LogP contribution in [-0.2, 0) is 0 Å². The van der Waals surface area contributed by atoms with Crippen molar-refractivity contribution in [3.63, 3.8) is 0 Å². The first-order valence-corrected chi connectivity index (χ1v) is 19.2. The zero-order valence-electron chi connectivity index (χ0n) is 29.9. The van der Waals surface area contributed by atoms with Crippen LogP contribution in [0.2, 0.25) is 0 Å². The maximum atomic E-state index is 6.81. The van der Waals surface area contributed by atoms with E-state index in [1.807, 2.05) is 12.1 Å². The third-order valence-electron chi connectivity index (χ3n) is 12.4. The van der Waals surface area contributed by atoms with E-state index in [0.29, 0.717) is 0 Å². The highest BCUT2D eigenvalue weighted by molar-refractivity contribution is 6.38. The van der Waals surface area contributed by atoms with Gasteiger partial charge in [0.2, 0.25) is 5.96 Å². The fraction of sp³-hybridized carbons (Fsp3) is 0.0200. The van der Waals surface area contributed by atoms with Gasteiger partial charge >= 0.3 is 0 Å². The molecule has 0 saturated heterocycles. The molecule has 1 N–H and O–H groups in total. The van der Waals surface area contributed by atoms with E-state index in [9.17, 15) is 0 Å². The highest BCUT2D eigenvalue weighted by Gasteiger charge is 2.34. The van der Waals surface area contributed by atoms with E-state index in [1.54, 1.807) is 0 Å². The molecule has 6 nitrogen and oxygen atoms in total. The van der Waals surface area contributed by atoms with E-state index in [4.69, 9.17) is 9.41 Å². The van der Waals surface area contributed by atoms with Crippen LogP contribution in [-0.4, -0.2) is 19.5 Å². The Morgan fingerprint density at radius 2 is 1.05 bits per heavy atom. The predicted octanol–water partition coefficient (Wildman–Crippen LogP) is 12.6. The average Bonchev–Trinajstić information content (AvgIpc) is 4.05. The SMILES string of the molecule is c1ccc2c(c1)ccc1c3c4c5ccccc5n5c6ccccc6c(cc3n(C3=Nc6c(oc7ccccc67)C(n6c7ccccc7c7ccccc76)N3)c21)c45. The van der Waals surface area contributed by atoms with E-state index >= 15 is 0 Å². The second-order valence-corrected chi connectivity index (χ2v) is 15.1. The Labute approximate surface area is 318 Å². The molecule has 1 atom stereocenters. The molecule has 6 heteroatoms. The molecule has 8 aromatic carbocycles. The molecule has 56 heavy (non-hydrogen) atoms. The molecule has 6 heterocycles. The van der Waals surface area contributed by atoms with E-state index in [1.165, 1.54) is 70.4 Å². The highest BCUT2D eigenvalue weighted by atomic mass is 16.3. The molecule has 0 spiro atoms. The monoisotopic (exact) mass is 715 g/mol. The van der Waals surface area contributed by atoms with Crippen molar-refractivity contribution in [1.29, 1.82) is 0 Å². The van der Waals surface area contributed by atoms with Crippen molar-refractivity contribution in [1.82, 2.24) is 18.9 Å². The second kappa shape index (κ2) is 10.1. The number of hydrogen-bond acceptors (Lipinski definition) is 3. The van der Waals surface area contributed by atoms with Crippen LogP contribution < -0.4 is 5.32 Å². The quantitative estimate of drug-likeness (QED) is 0.184. The lowest BCUT2D eigenvalue weighted by molar-refractivity contribution is 0.438. The van der Waals surface area contributed by atoms with Crippen LogP contribution in [0.5, 0.6) is 0 Å². The van der Waals surface area contributed by atoms with Gasteiger partial charge in [0.15, 0.2) is 11.9 Å². The molecule has 1 unspecified atom stereocenters. The van der Waals surface area contributed by atoms with Crippen LogP contribution >= 0.6 is 0 Å². The number of aliphatic imine (C=N–C) groups is 1. The Kier molecular flexibility index (Phi) is 5.23. The summed E-state index contributed by atoms with van der Waals surface area (Å²) < 4.78 is 14.1. The Morgan fingerprint density at radius 1 is 0.464 bits per heavy atom. The summed E-state index contributed by atoms with van der Waals surface area (Å²) in [5.74, 6) is 1.55. The molecule has 0 aliphatic carbocycles. The minimum atomic E-state index is -0.390. The maximum Gasteiger partial charge on any atom is 0.210 e. The van der Waals surface area contributed by atoms with Crippen LogP contribution in [0, 0.1) is 0 Å². The number of benzene rings is 8. The van der Waals surface area contributed by atoms with Crippen LogP contribution in [0.15, 0.2) is 173 Å². The molecule has 0 saturated carbocycles. The van der Waals surface area contributed by atoms with Crippen molar-refractivity contribution in [2.75, 3.05) is 0 Å². The standard InChI is InChI=1S/C50H29N5O/c1-2-14-29-28(13-1)25-26-35-43-41(27-36-32-17-5-8-20-37(32)53-40-23-11-6-18-33(40)44(43)47(36)53)55(46(29)35)50-51-45-34-19-7-12-24-42(34)56-48(45)49(52-50)54-38-21-9-3-15-30(38)31-16-4-10-22-39(31)54/h1-27,49H,(H,51,52). The summed E-state index contributed by atoms with van der Waals surface area (Å²) in [6.07, 6.45) is -0.390. The zero-order valence-corrected chi connectivity index (χ0v) is 29.9. The predicted molar refractivity (Wildman–Crippen MR) is 231 cm³/mol. The molecule has 0 amide bonds. The molecule has 1 aliphatic heterocycles. The molecule has 5 aromatic heterocycles. The lowest BCUT2D eigenvalue weighted by Gasteiger charge is -2.27. The molecule has 13 aromatic rings. The van der Waals surface area contributed by atoms with E-state index in [-0.39, 0.29) is 0 Å². The molecular formula is C50H29N5O. The van der Waals surface area contributed by atoms with Gasteiger partial charge in [0.25, 0.3) is 0 Å². The van der Waals surface area contributed by atoms with Crippen LogP contribution in [0.25, 0.3) is 103 Å². The first-order valence-electron chi connectivity index (χ1n) is 19.2. The molecule has 0 fully saturated rings. The van der Waals surface area contributed by atoms with Gasteiger partial charge in [-0.3, -0.25) is 4.57 Å². The van der Waals surface area contributed by atoms with Crippen LogP contribution in [0.4, 0.5) is 5.69 Å². The zero-order chi connectivity index (χ0) is 36.2. The highest BCUT2D eigenvalue weighted by Crippen LogP contribution is 2.48. The van der Waals surface area contributed by atoms with E-state index in [0.717, 1.165) is 50.4 Å². The molecule has 260 valence electrons. The summed E-state index contributed by atoms with van der Waals surface area (Å²) >= 11 is 0. The molecule has 1 aliphatic rings.